The second-order valence-corrected chi connectivity index (χ2v) is 7.61. The highest BCUT2D eigenvalue weighted by Crippen LogP contribution is 2.23. The summed E-state index contributed by atoms with van der Waals surface area (Å²) in [6.07, 6.45) is 6.69. The van der Waals surface area contributed by atoms with Crippen molar-refractivity contribution in [2.24, 2.45) is 0 Å². The van der Waals surface area contributed by atoms with Crippen LogP contribution >= 0.6 is 0 Å². The average Bonchev–Trinajstić information content (AvgIpc) is 3.27. The summed E-state index contributed by atoms with van der Waals surface area (Å²) in [4.78, 5) is 20.6. The molecular formula is C22H27FN4O2. The first-order valence-corrected chi connectivity index (χ1v) is 10.3. The lowest BCUT2D eigenvalue weighted by molar-refractivity contribution is 0.193. The van der Waals surface area contributed by atoms with E-state index in [0.717, 1.165) is 18.4 Å². The number of amides is 2. The number of rotatable bonds is 5. The van der Waals surface area contributed by atoms with Gasteiger partial charge in [-0.25, -0.2) is 14.2 Å². The van der Waals surface area contributed by atoms with Crippen LogP contribution in [-0.2, 0) is 6.54 Å². The van der Waals surface area contributed by atoms with E-state index in [1.807, 2.05) is 23.1 Å². The number of carbonyl (C=O) groups excluding carboxylic acids is 1. The summed E-state index contributed by atoms with van der Waals surface area (Å²) in [5.74, 6) is 0.425. The Morgan fingerprint density at radius 2 is 1.86 bits per heavy atom. The topological polar surface area (TPSA) is 57.7 Å². The first-order chi connectivity index (χ1) is 14.2. The number of pyridine rings is 1. The van der Waals surface area contributed by atoms with E-state index in [1.165, 1.54) is 18.9 Å². The maximum absolute atomic E-state index is 13.9. The molecule has 1 aromatic heterocycles. The van der Waals surface area contributed by atoms with Crippen LogP contribution in [0.1, 0.15) is 31.2 Å². The molecule has 0 radical (unpaired) electrons. The average molecular weight is 398 g/mol. The molecule has 1 aliphatic heterocycles. The number of halogens is 1. The summed E-state index contributed by atoms with van der Waals surface area (Å²) < 4.78 is 19.8. The van der Waals surface area contributed by atoms with Gasteiger partial charge in [-0.15, -0.1) is 0 Å². The van der Waals surface area contributed by atoms with Gasteiger partial charge in [0, 0.05) is 45.0 Å². The van der Waals surface area contributed by atoms with Crippen LogP contribution < -0.4 is 15.0 Å². The van der Waals surface area contributed by atoms with E-state index in [0.29, 0.717) is 44.3 Å². The molecule has 1 saturated heterocycles. The molecule has 29 heavy (non-hydrogen) atoms. The minimum atomic E-state index is -0.224. The number of ether oxygens (including phenoxy) is 1. The molecule has 1 aliphatic carbocycles. The Balaban J connectivity index is 1.22. The van der Waals surface area contributed by atoms with Gasteiger partial charge in [-0.2, -0.15) is 0 Å². The number of aromatic nitrogens is 1. The molecule has 7 heteroatoms. The van der Waals surface area contributed by atoms with Crippen LogP contribution in [-0.4, -0.2) is 48.2 Å². The molecule has 0 unspecified atom stereocenters. The molecule has 0 bridgehead atoms. The monoisotopic (exact) mass is 398 g/mol. The molecule has 1 saturated carbocycles. The van der Waals surface area contributed by atoms with Crippen LogP contribution in [0.5, 0.6) is 5.88 Å². The quantitative estimate of drug-likeness (QED) is 0.837. The Hall–Kier alpha value is -2.83. The van der Waals surface area contributed by atoms with E-state index in [4.69, 9.17) is 4.74 Å². The van der Waals surface area contributed by atoms with E-state index < -0.39 is 0 Å². The predicted molar refractivity (Wildman–Crippen MR) is 110 cm³/mol. The fourth-order valence-electron chi connectivity index (χ4n) is 3.91. The van der Waals surface area contributed by atoms with E-state index in [2.05, 4.69) is 10.3 Å². The Morgan fingerprint density at radius 1 is 1.10 bits per heavy atom. The van der Waals surface area contributed by atoms with Crippen molar-refractivity contribution in [1.29, 1.82) is 0 Å². The number of nitrogens with zero attached hydrogens (tertiary/aromatic N) is 3. The third-order valence-electron chi connectivity index (χ3n) is 5.59. The first kappa shape index (κ1) is 19.5. The lowest BCUT2D eigenvalue weighted by Gasteiger charge is -2.36. The molecule has 2 aromatic rings. The van der Waals surface area contributed by atoms with Crippen LogP contribution in [0.4, 0.5) is 14.9 Å². The fourth-order valence-corrected chi connectivity index (χ4v) is 3.91. The number of nitrogens with one attached hydrogen (secondary N) is 1. The van der Waals surface area contributed by atoms with E-state index in [-0.39, 0.29) is 18.0 Å². The standard InChI is InChI=1S/C22H27FN4O2/c23-19-7-3-4-8-20(19)26-11-13-27(14-12-26)22(28)25-16-17-9-10-21(24-15-17)29-18-5-1-2-6-18/h3-4,7-10,15,18H,1-2,5-6,11-14,16H2,(H,25,28). The SMILES string of the molecule is O=C(NCc1ccc(OC2CCCC2)nc1)N1CCN(c2ccccc2F)CC1. The van der Waals surface area contributed by atoms with Crippen LogP contribution in [0.2, 0.25) is 0 Å². The zero-order chi connectivity index (χ0) is 20.1. The maximum Gasteiger partial charge on any atom is 0.317 e. The van der Waals surface area contributed by atoms with Gasteiger partial charge in [0.25, 0.3) is 0 Å². The smallest absolute Gasteiger partial charge is 0.317 e. The molecule has 2 aliphatic rings. The van der Waals surface area contributed by atoms with Gasteiger partial charge in [0.05, 0.1) is 5.69 Å². The molecule has 0 atom stereocenters. The van der Waals surface area contributed by atoms with Crippen LogP contribution in [0.25, 0.3) is 0 Å². The lowest BCUT2D eigenvalue weighted by atomic mass is 10.2. The Bertz CT molecular complexity index is 816. The fraction of sp³-hybridized carbons (Fsp3) is 0.455. The molecule has 2 fully saturated rings. The second kappa shape index (κ2) is 9.11. The number of benzene rings is 1. The molecule has 2 heterocycles. The normalized spacial score (nSPS) is 17.4. The van der Waals surface area contributed by atoms with Gasteiger partial charge >= 0.3 is 6.03 Å². The summed E-state index contributed by atoms with van der Waals surface area (Å²) in [6, 6.07) is 10.5. The number of urea groups is 1. The molecule has 1 N–H and O–H groups in total. The van der Waals surface area contributed by atoms with Crippen molar-refractivity contribution in [1.82, 2.24) is 15.2 Å². The van der Waals surface area contributed by atoms with Gasteiger partial charge in [0.15, 0.2) is 0 Å². The largest absolute Gasteiger partial charge is 0.474 e. The number of carbonyl (C=O) groups is 1. The Labute approximate surface area is 170 Å². The van der Waals surface area contributed by atoms with Crippen molar-refractivity contribution in [3.05, 3.63) is 54.0 Å². The lowest BCUT2D eigenvalue weighted by Crippen LogP contribution is -2.51. The van der Waals surface area contributed by atoms with Gasteiger partial charge in [0.1, 0.15) is 11.9 Å². The summed E-state index contributed by atoms with van der Waals surface area (Å²) >= 11 is 0. The third-order valence-corrected chi connectivity index (χ3v) is 5.59. The molecular weight excluding hydrogens is 371 g/mol. The number of hydrogen-bond acceptors (Lipinski definition) is 4. The number of hydrogen-bond donors (Lipinski definition) is 1. The number of piperazine rings is 1. The highest BCUT2D eigenvalue weighted by molar-refractivity contribution is 5.74. The maximum atomic E-state index is 13.9. The highest BCUT2D eigenvalue weighted by atomic mass is 19.1. The molecule has 2 amide bonds. The Morgan fingerprint density at radius 3 is 2.55 bits per heavy atom. The second-order valence-electron chi connectivity index (χ2n) is 7.61. The minimum Gasteiger partial charge on any atom is -0.474 e. The van der Waals surface area contributed by atoms with Crippen molar-refractivity contribution in [3.63, 3.8) is 0 Å². The van der Waals surface area contributed by atoms with Gasteiger partial charge in [-0.1, -0.05) is 18.2 Å². The van der Waals surface area contributed by atoms with Crippen molar-refractivity contribution in [3.8, 4) is 5.88 Å². The summed E-state index contributed by atoms with van der Waals surface area (Å²) in [6.45, 7) is 2.77. The zero-order valence-electron chi connectivity index (χ0n) is 16.5. The summed E-state index contributed by atoms with van der Waals surface area (Å²) in [7, 11) is 0. The van der Waals surface area contributed by atoms with Gasteiger partial charge in [-0.3, -0.25) is 0 Å². The zero-order valence-corrected chi connectivity index (χ0v) is 16.5. The van der Waals surface area contributed by atoms with Crippen molar-refractivity contribution >= 4 is 11.7 Å². The number of anilines is 1. The molecule has 6 nitrogen and oxygen atoms in total. The predicted octanol–water partition coefficient (Wildman–Crippen LogP) is 3.57. The van der Waals surface area contributed by atoms with Crippen LogP contribution in [0, 0.1) is 5.82 Å². The van der Waals surface area contributed by atoms with Crippen LogP contribution in [0.15, 0.2) is 42.6 Å². The van der Waals surface area contributed by atoms with Gasteiger partial charge in [-0.05, 0) is 43.4 Å². The van der Waals surface area contributed by atoms with Gasteiger partial charge < -0.3 is 19.9 Å². The van der Waals surface area contributed by atoms with Crippen LogP contribution in [0.3, 0.4) is 0 Å². The molecule has 4 rings (SSSR count). The van der Waals surface area contributed by atoms with Crippen molar-refractivity contribution in [2.75, 3.05) is 31.1 Å². The minimum absolute atomic E-state index is 0.107. The summed E-state index contributed by atoms with van der Waals surface area (Å²) in [5.41, 5.74) is 1.53. The van der Waals surface area contributed by atoms with E-state index >= 15 is 0 Å². The van der Waals surface area contributed by atoms with E-state index in [1.54, 1.807) is 23.2 Å². The van der Waals surface area contributed by atoms with Crippen molar-refractivity contribution < 1.29 is 13.9 Å². The molecule has 154 valence electrons. The summed E-state index contributed by atoms with van der Waals surface area (Å²) in [5, 5.41) is 2.94. The number of para-hydroxylation sites is 1. The highest BCUT2D eigenvalue weighted by Gasteiger charge is 2.22. The Kier molecular flexibility index (Phi) is 6.12. The van der Waals surface area contributed by atoms with Crippen molar-refractivity contribution in [2.45, 2.75) is 38.3 Å². The third kappa shape index (κ3) is 4.96. The van der Waals surface area contributed by atoms with Gasteiger partial charge in [0.2, 0.25) is 5.88 Å². The molecule has 0 spiro atoms. The van der Waals surface area contributed by atoms with E-state index in [9.17, 15) is 9.18 Å². The first-order valence-electron chi connectivity index (χ1n) is 10.3. The molecule has 1 aromatic carbocycles.